The van der Waals surface area contributed by atoms with E-state index in [4.69, 9.17) is 5.11 Å². The number of rotatable bonds is 4. The van der Waals surface area contributed by atoms with Gasteiger partial charge in [-0.1, -0.05) is 42.5 Å². The van der Waals surface area contributed by atoms with Gasteiger partial charge in [-0.3, -0.25) is 4.31 Å². The Balaban J connectivity index is 2.18. The van der Waals surface area contributed by atoms with Crippen LogP contribution in [0.25, 0.3) is 10.8 Å². The molecule has 0 amide bonds. The first-order valence-electron chi connectivity index (χ1n) is 7.32. The maximum Gasteiger partial charge on any atom is 0.338 e. The standard InChI is InChI=1S/C18H14FNO4S/c1-20(15-10-4-7-12-6-2-3-8-13(12)15)25(23,24)16-11-5-9-14(17(16)19)18(21)22/h2-11H,1H3,(H,21,22). The van der Waals surface area contributed by atoms with Crippen LogP contribution in [0, 0.1) is 5.82 Å². The molecule has 7 heteroatoms. The summed E-state index contributed by atoms with van der Waals surface area (Å²) >= 11 is 0. The van der Waals surface area contributed by atoms with Gasteiger partial charge in [0, 0.05) is 12.4 Å². The lowest BCUT2D eigenvalue weighted by Gasteiger charge is -2.21. The zero-order valence-corrected chi connectivity index (χ0v) is 14.0. The molecular formula is C18H14FNO4S. The fourth-order valence-electron chi connectivity index (χ4n) is 2.64. The van der Waals surface area contributed by atoms with Crippen molar-refractivity contribution in [1.82, 2.24) is 0 Å². The van der Waals surface area contributed by atoms with Crippen LogP contribution in [-0.4, -0.2) is 26.5 Å². The van der Waals surface area contributed by atoms with E-state index in [1.807, 2.05) is 18.2 Å². The van der Waals surface area contributed by atoms with Gasteiger partial charge >= 0.3 is 5.97 Å². The van der Waals surface area contributed by atoms with E-state index < -0.39 is 32.3 Å². The van der Waals surface area contributed by atoms with Gasteiger partial charge in [0.05, 0.1) is 11.3 Å². The number of benzene rings is 3. The second kappa shape index (κ2) is 6.18. The third-order valence-corrected chi connectivity index (χ3v) is 5.73. The molecule has 0 bridgehead atoms. The Hall–Kier alpha value is -2.93. The van der Waals surface area contributed by atoms with Crippen LogP contribution in [0.1, 0.15) is 10.4 Å². The molecule has 25 heavy (non-hydrogen) atoms. The molecule has 3 rings (SSSR count). The minimum atomic E-state index is -4.28. The molecule has 0 aliphatic heterocycles. The molecule has 5 nitrogen and oxygen atoms in total. The number of anilines is 1. The number of hydrogen-bond acceptors (Lipinski definition) is 3. The van der Waals surface area contributed by atoms with Crippen molar-refractivity contribution in [3.05, 3.63) is 72.0 Å². The number of sulfonamides is 1. The van der Waals surface area contributed by atoms with Crippen molar-refractivity contribution >= 4 is 32.5 Å². The highest BCUT2D eigenvalue weighted by Gasteiger charge is 2.28. The lowest BCUT2D eigenvalue weighted by molar-refractivity contribution is 0.0691. The predicted molar refractivity (Wildman–Crippen MR) is 92.9 cm³/mol. The predicted octanol–water partition coefficient (Wildman–Crippen LogP) is 3.50. The maximum atomic E-state index is 14.4. The molecule has 3 aromatic rings. The monoisotopic (exact) mass is 359 g/mol. The van der Waals surface area contributed by atoms with Crippen molar-refractivity contribution in [2.24, 2.45) is 0 Å². The van der Waals surface area contributed by atoms with Crippen LogP contribution in [0.4, 0.5) is 10.1 Å². The number of carboxylic acid groups (broad SMARTS) is 1. The second-order valence-corrected chi connectivity index (χ2v) is 7.33. The molecule has 0 heterocycles. The fraction of sp³-hybridized carbons (Fsp3) is 0.0556. The first kappa shape index (κ1) is 16.9. The highest BCUT2D eigenvalue weighted by Crippen LogP contribution is 2.31. The number of fused-ring (bicyclic) bond motifs is 1. The van der Waals surface area contributed by atoms with Crippen LogP contribution in [0.2, 0.25) is 0 Å². The van der Waals surface area contributed by atoms with Gasteiger partial charge in [0.15, 0.2) is 5.82 Å². The van der Waals surface area contributed by atoms with E-state index in [2.05, 4.69) is 0 Å². The van der Waals surface area contributed by atoms with Crippen LogP contribution in [0.15, 0.2) is 65.6 Å². The smallest absolute Gasteiger partial charge is 0.338 e. The van der Waals surface area contributed by atoms with Crippen molar-refractivity contribution in [2.45, 2.75) is 4.90 Å². The summed E-state index contributed by atoms with van der Waals surface area (Å²) in [5.41, 5.74) is -0.314. The topological polar surface area (TPSA) is 74.7 Å². The first-order valence-corrected chi connectivity index (χ1v) is 8.76. The molecule has 0 aliphatic rings. The summed E-state index contributed by atoms with van der Waals surface area (Å²) in [6.07, 6.45) is 0. The Bertz CT molecular complexity index is 1070. The molecule has 0 radical (unpaired) electrons. The van der Waals surface area contributed by atoms with E-state index in [0.29, 0.717) is 11.1 Å². The number of hydrogen-bond donors (Lipinski definition) is 1. The highest BCUT2D eigenvalue weighted by molar-refractivity contribution is 7.92. The number of carboxylic acids is 1. The molecule has 3 aromatic carbocycles. The molecule has 1 N–H and O–H groups in total. The molecule has 0 spiro atoms. The van der Waals surface area contributed by atoms with Gasteiger partial charge in [-0.2, -0.15) is 0 Å². The first-order chi connectivity index (χ1) is 11.8. The van der Waals surface area contributed by atoms with Crippen molar-refractivity contribution in [3.63, 3.8) is 0 Å². The number of nitrogens with zero attached hydrogens (tertiary/aromatic N) is 1. The van der Waals surface area contributed by atoms with Gasteiger partial charge in [0.25, 0.3) is 10.0 Å². The van der Waals surface area contributed by atoms with Crippen molar-refractivity contribution < 1.29 is 22.7 Å². The summed E-state index contributed by atoms with van der Waals surface area (Å²) in [6, 6.07) is 15.6. The Morgan fingerprint density at radius 3 is 2.36 bits per heavy atom. The number of halogens is 1. The fourth-order valence-corrected chi connectivity index (χ4v) is 3.94. The molecule has 0 saturated carbocycles. The third-order valence-electron chi connectivity index (χ3n) is 3.94. The average Bonchev–Trinajstić information content (AvgIpc) is 2.60. The minimum absolute atomic E-state index is 0.373. The molecule has 128 valence electrons. The van der Waals surface area contributed by atoms with E-state index in [0.717, 1.165) is 21.8 Å². The van der Waals surface area contributed by atoms with Crippen LogP contribution in [0.3, 0.4) is 0 Å². The molecule has 0 atom stereocenters. The molecule has 0 aliphatic carbocycles. The molecule has 0 fully saturated rings. The zero-order chi connectivity index (χ0) is 18.2. The third kappa shape index (κ3) is 2.83. The summed E-state index contributed by atoms with van der Waals surface area (Å²) in [5, 5.41) is 10.5. The van der Waals surface area contributed by atoms with Gasteiger partial charge in [0.2, 0.25) is 0 Å². The van der Waals surface area contributed by atoms with Crippen molar-refractivity contribution in [3.8, 4) is 0 Å². The minimum Gasteiger partial charge on any atom is -0.478 e. The van der Waals surface area contributed by atoms with E-state index in [1.54, 1.807) is 24.3 Å². The molecule has 0 unspecified atom stereocenters. The summed E-state index contributed by atoms with van der Waals surface area (Å²) in [4.78, 5) is 10.4. The Labute approximate surface area is 144 Å². The van der Waals surface area contributed by atoms with Crippen molar-refractivity contribution in [2.75, 3.05) is 11.4 Å². The molecular weight excluding hydrogens is 345 g/mol. The van der Waals surface area contributed by atoms with E-state index in [1.165, 1.54) is 13.1 Å². The van der Waals surface area contributed by atoms with E-state index >= 15 is 0 Å². The van der Waals surface area contributed by atoms with Crippen LogP contribution in [0.5, 0.6) is 0 Å². The van der Waals surface area contributed by atoms with Gasteiger partial charge < -0.3 is 5.11 Å². The lowest BCUT2D eigenvalue weighted by Crippen LogP contribution is -2.28. The largest absolute Gasteiger partial charge is 0.478 e. The van der Waals surface area contributed by atoms with Crippen LogP contribution in [-0.2, 0) is 10.0 Å². The van der Waals surface area contributed by atoms with Crippen LogP contribution >= 0.6 is 0 Å². The summed E-state index contributed by atoms with van der Waals surface area (Å²) in [5.74, 6) is -2.80. The Morgan fingerprint density at radius 1 is 1.00 bits per heavy atom. The number of carbonyl (C=O) groups is 1. The lowest BCUT2D eigenvalue weighted by atomic mass is 10.1. The van der Waals surface area contributed by atoms with E-state index in [9.17, 15) is 17.6 Å². The van der Waals surface area contributed by atoms with Gasteiger partial charge in [-0.25, -0.2) is 17.6 Å². The van der Waals surface area contributed by atoms with Gasteiger partial charge in [-0.15, -0.1) is 0 Å². The summed E-state index contributed by atoms with van der Waals surface area (Å²) in [6.45, 7) is 0. The Kier molecular flexibility index (Phi) is 4.18. The summed E-state index contributed by atoms with van der Waals surface area (Å²) < 4.78 is 41.1. The molecule has 0 aromatic heterocycles. The van der Waals surface area contributed by atoms with Gasteiger partial charge in [0.1, 0.15) is 4.90 Å². The average molecular weight is 359 g/mol. The van der Waals surface area contributed by atoms with E-state index in [-0.39, 0.29) is 0 Å². The Morgan fingerprint density at radius 2 is 1.64 bits per heavy atom. The summed E-state index contributed by atoms with van der Waals surface area (Å²) in [7, 11) is -2.97. The maximum absolute atomic E-state index is 14.4. The quantitative estimate of drug-likeness (QED) is 0.774. The highest BCUT2D eigenvalue weighted by atomic mass is 32.2. The van der Waals surface area contributed by atoms with Crippen LogP contribution < -0.4 is 4.31 Å². The SMILES string of the molecule is CN(c1cccc2ccccc12)S(=O)(=O)c1cccc(C(=O)O)c1F. The van der Waals surface area contributed by atoms with Crippen molar-refractivity contribution in [1.29, 1.82) is 0 Å². The second-order valence-electron chi connectivity index (χ2n) is 5.39. The normalized spacial score (nSPS) is 11.4. The zero-order valence-electron chi connectivity index (χ0n) is 13.2. The molecule has 0 saturated heterocycles. The van der Waals surface area contributed by atoms with Gasteiger partial charge in [-0.05, 0) is 23.6 Å². The number of aromatic carboxylic acids is 1.